The summed E-state index contributed by atoms with van der Waals surface area (Å²) in [5, 5.41) is 4.16. The van der Waals surface area contributed by atoms with E-state index in [9.17, 15) is 0 Å². The van der Waals surface area contributed by atoms with Crippen molar-refractivity contribution < 1.29 is 0 Å². The zero-order valence-corrected chi connectivity index (χ0v) is 8.04. The third-order valence-electron chi connectivity index (χ3n) is 2.35. The number of rotatable bonds is 1. The molecule has 0 aliphatic rings. The van der Waals surface area contributed by atoms with Gasteiger partial charge in [-0.1, -0.05) is 30.3 Å². The molecule has 3 nitrogen and oxygen atoms in total. The van der Waals surface area contributed by atoms with Crippen LogP contribution in [0.3, 0.4) is 0 Å². The van der Waals surface area contributed by atoms with Crippen LogP contribution in [0.15, 0.2) is 55.0 Å². The van der Waals surface area contributed by atoms with Crippen molar-refractivity contribution in [2.45, 2.75) is 0 Å². The van der Waals surface area contributed by atoms with E-state index in [0.29, 0.717) is 0 Å². The Morgan fingerprint density at radius 1 is 0.933 bits per heavy atom. The summed E-state index contributed by atoms with van der Waals surface area (Å²) in [5.74, 6) is 0. The van der Waals surface area contributed by atoms with Crippen molar-refractivity contribution in [3.05, 3.63) is 55.0 Å². The summed E-state index contributed by atoms with van der Waals surface area (Å²) in [6.07, 6.45) is 5.60. The highest BCUT2D eigenvalue weighted by atomic mass is 15.2. The fourth-order valence-corrected chi connectivity index (χ4v) is 1.59. The normalized spacial score (nSPS) is 10.7. The van der Waals surface area contributed by atoms with E-state index in [2.05, 4.69) is 22.2 Å². The maximum absolute atomic E-state index is 4.32. The van der Waals surface area contributed by atoms with Crippen molar-refractivity contribution >= 4 is 5.65 Å². The molecule has 0 aliphatic carbocycles. The predicted molar refractivity (Wildman–Crippen MR) is 58.4 cm³/mol. The Hall–Kier alpha value is -2.16. The lowest BCUT2D eigenvalue weighted by Crippen LogP contribution is -1.90. The van der Waals surface area contributed by atoms with Gasteiger partial charge in [0.25, 0.3) is 0 Å². The number of hydrogen-bond donors (Lipinski definition) is 0. The third-order valence-corrected chi connectivity index (χ3v) is 2.35. The molecule has 1 aromatic carbocycles. The van der Waals surface area contributed by atoms with Gasteiger partial charge in [0.05, 0.1) is 6.20 Å². The van der Waals surface area contributed by atoms with Crippen molar-refractivity contribution in [1.82, 2.24) is 14.6 Å². The van der Waals surface area contributed by atoms with E-state index in [0.717, 1.165) is 16.8 Å². The second-order valence-electron chi connectivity index (χ2n) is 3.34. The fraction of sp³-hybridized carbons (Fsp3) is 0. The van der Waals surface area contributed by atoms with E-state index in [-0.39, 0.29) is 0 Å². The number of hydrogen-bond acceptors (Lipinski definition) is 2. The number of nitrogens with zero attached hydrogens (tertiary/aromatic N) is 3. The van der Waals surface area contributed by atoms with Gasteiger partial charge in [-0.05, 0) is 5.56 Å². The van der Waals surface area contributed by atoms with E-state index in [1.54, 1.807) is 10.7 Å². The number of fused-ring (bicyclic) bond motifs is 1. The first-order chi connectivity index (χ1) is 7.43. The Bertz CT molecular complexity index is 584. The zero-order chi connectivity index (χ0) is 10.1. The van der Waals surface area contributed by atoms with Crippen LogP contribution < -0.4 is 0 Å². The smallest absolute Gasteiger partial charge is 0.154 e. The molecule has 15 heavy (non-hydrogen) atoms. The van der Waals surface area contributed by atoms with Gasteiger partial charge in [0.15, 0.2) is 5.65 Å². The zero-order valence-electron chi connectivity index (χ0n) is 8.04. The second kappa shape index (κ2) is 3.20. The van der Waals surface area contributed by atoms with Gasteiger partial charge in [-0.25, -0.2) is 9.50 Å². The number of aromatic nitrogens is 3. The summed E-state index contributed by atoms with van der Waals surface area (Å²) in [6, 6.07) is 12.0. The molecule has 0 N–H and O–H groups in total. The Balaban J connectivity index is 2.19. The van der Waals surface area contributed by atoms with Crippen LogP contribution in [-0.2, 0) is 0 Å². The highest BCUT2D eigenvalue weighted by Gasteiger charge is 1.99. The Morgan fingerprint density at radius 2 is 1.80 bits per heavy atom. The standard InChI is InChI=1S/C12H9N3/c1-2-4-10(5-3-1)11-8-13-12-6-7-14-15(12)9-11/h1-9H. The lowest BCUT2D eigenvalue weighted by molar-refractivity contribution is 0.941. The van der Waals surface area contributed by atoms with E-state index >= 15 is 0 Å². The van der Waals surface area contributed by atoms with E-state index in [1.165, 1.54) is 0 Å². The van der Waals surface area contributed by atoms with Crippen LogP contribution in [0.25, 0.3) is 16.8 Å². The summed E-state index contributed by atoms with van der Waals surface area (Å²) >= 11 is 0. The topological polar surface area (TPSA) is 30.2 Å². The first-order valence-corrected chi connectivity index (χ1v) is 4.78. The molecule has 3 aromatic rings. The molecule has 0 atom stereocenters. The molecule has 2 aromatic heterocycles. The van der Waals surface area contributed by atoms with Crippen molar-refractivity contribution in [3.63, 3.8) is 0 Å². The second-order valence-corrected chi connectivity index (χ2v) is 3.34. The van der Waals surface area contributed by atoms with Gasteiger partial charge in [-0.3, -0.25) is 0 Å². The summed E-state index contributed by atoms with van der Waals surface area (Å²) < 4.78 is 1.78. The third kappa shape index (κ3) is 1.38. The molecule has 72 valence electrons. The summed E-state index contributed by atoms with van der Waals surface area (Å²) in [5.41, 5.74) is 3.10. The van der Waals surface area contributed by atoms with Crippen molar-refractivity contribution in [2.75, 3.05) is 0 Å². The van der Waals surface area contributed by atoms with Crippen LogP contribution in [0.1, 0.15) is 0 Å². The molecule has 0 radical (unpaired) electrons. The lowest BCUT2D eigenvalue weighted by atomic mass is 10.1. The maximum atomic E-state index is 4.32. The Labute approximate surface area is 87.0 Å². The first-order valence-electron chi connectivity index (χ1n) is 4.78. The van der Waals surface area contributed by atoms with Crippen LogP contribution in [0.4, 0.5) is 0 Å². The van der Waals surface area contributed by atoms with Gasteiger partial charge < -0.3 is 0 Å². The first kappa shape index (κ1) is 8.17. The van der Waals surface area contributed by atoms with Gasteiger partial charge in [-0.15, -0.1) is 0 Å². The van der Waals surface area contributed by atoms with Gasteiger partial charge in [0.1, 0.15) is 0 Å². The SMILES string of the molecule is c1ccc(-c2cnc3ccnn3c2)cc1. The van der Waals surface area contributed by atoms with E-state index < -0.39 is 0 Å². The summed E-state index contributed by atoms with van der Waals surface area (Å²) in [6.45, 7) is 0. The van der Waals surface area contributed by atoms with Crippen LogP contribution in [0.5, 0.6) is 0 Å². The van der Waals surface area contributed by atoms with Crippen molar-refractivity contribution in [2.24, 2.45) is 0 Å². The molecule has 0 saturated carbocycles. The van der Waals surface area contributed by atoms with Crippen LogP contribution >= 0.6 is 0 Å². The molecule has 3 heteroatoms. The quantitative estimate of drug-likeness (QED) is 0.596. The molecule has 0 aliphatic heterocycles. The van der Waals surface area contributed by atoms with Gasteiger partial charge >= 0.3 is 0 Å². The molecule has 0 unspecified atom stereocenters. The Kier molecular flexibility index (Phi) is 1.75. The Morgan fingerprint density at radius 3 is 2.67 bits per heavy atom. The minimum Gasteiger partial charge on any atom is -0.236 e. The minimum absolute atomic E-state index is 0.870. The van der Waals surface area contributed by atoms with Crippen molar-refractivity contribution in [3.8, 4) is 11.1 Å². The summed E-state index contributed by atoms with van der Waals surface area (Å²) in [4.78, 5) is 4.32. The van der Waals surface area contributed by atoms with Gasteiger partial charge in [0, 0.05) is 24.0 Å². The van der Waals surface area contributed by atoms with Crippen LogP contribution in [0.2, 0.25) is 0 Å². The average molecular weight is 195 g/mol. The predicted octanol–water partition coefficient (Wildman–Crippen LogP) is 2.40. The number of benzene rings is 1. The maximum Gasteiger partial charge on any atom is 0.154 e. The highest BCUT2D eigenvalue weighted by Crippen LogP contribution is 2.17. The van der Waals surface area contributed by atoms with Gasteiger partial charge in [-0.2, -0.15) is 5.10 Å². The van der Waals surface area contributed by atoms with Crippen LogP contribution in [0, 0.1) is 0 Å². The highest BCUT2D eigenvalue weighted by molar-refractivity contribution is 5.62. The molecular weight excluding hydrogens is 186 g/mol. The monoisotopic (exact) mass is 195 g/mol. The molecule has 0 fully saturated rings. The fourth-order valence-electron chi connectivity index (χ4n) is 1.59. The largest absolute Gasteiger partial charge is 0.236 e. The van der Waals surface area contributed by atoms with E-state index in [1.807, 2.05) is 36.7 Å². The molecule has 0 bridgehead atoms. The molecule has 0 amide bonds. The van der Waals surface area contributed by atoms with Crippen molar-refractivity contribution in [1.29, 1.82) is 0 Å². The summed E-state index contributed by atoms with van der Waals surface area (Å²) in [7, 11) is 0. The molecule has 0 saturated heterocycles. The molecular formula is C12H9N3. The minimum atomic E-state index is 0.870. The average Bonchev–Trinajstić information content (AvgIpc) is 2.77. The van der Waals surface area contributed by atoms with Gasteiger partial charge in [0.2, 0.25) is 0 Å². The lowest BCUT2D eigenvalue weighted by Gasteiger charge is -2.00. The molecule has 3 rings (SSSR count). The van der Waals surface area contributed by atoms with E-state index in [4.69, 9.17) is 0 Å². The molecule has 0 spiro atoms. The molecule has 2 heterocycles. The van der Waals surface area contributed by atoms with Crippen LogP contribution in [-0.4, -0.2) is 14.6 Å².